The Morgan fingerprint density at radius 2 is 1.86 bits per heavy atom. The lowest BCUT2D eigenvalue weighted by Gasteiger charge is -2.15. The van der Waals surface area contributed by atoms with Crippen molar-refractivity contribution in [1.29, 1.82) is 0 Å². The van der Waals surface area contributed by atoms with Crippen LogP contribution in [-0.4, -0.2) is 32.0 Å². The van der Waals surface area contributed by atoms with Gasteiger partial charge in [-0.05, 0) is 37.6 Å². The zero-order chi connectivity index (χ0) is 20.8. The Bertz CT molecular complexity index is 932. The van der Waals surface area contributed by atoms with Gasteiger partial charge in [0.05, 0.1) is 25.6 Å². The molecule has 9 heteroatoms. The Morgan fingerprint density at radius 1 is 1.14 bits per heavy atom. The first-order valence-corrected chi connectivity index (χ1v) is 8.92. The van der Waals surface area contributed by atoms with Crippen LogP contribution in [0.1, 0.15) is 12.5 Å². The molecule has 0 saturated carbocycles. The fraction of sp³-hybridized carbons (Fsp3) is 0.263. The number of ketones is 1. The molecular weight excluding hydrogens is 405 g/mol. The topological polar surface area (TPSA) is 89.4 Å². The number of halogens is 2. The molecule has 0 saturated heterocycles. The van der Waals surface area contributed by atoms with E-state index in [9.17, 15) is 9.59 Å². The van der Waals surface area contributed by atoms with Crippen LogP contribution in [0.3, 0.4) is 0 Å². The minimum Gasteiger partial charge on any atom is -0.493 e. The largest absolute Gasteiger partial charge is 0.493 e. The third-order valence-corrected chi connectivity index (χ3v) is 4.48. The predicted octanol–water partition coefficient (Wildman–Crippen LogP) is 5.00. The number of methoxy groups -OCH3 is 2. The summed E-state index contributed by atoms with van der Waals surface area (Å²) in [5.74, 6) is -0.557. The maximum absolute atomic E-state index is 12.7. The van der Waals surface area contributed by atoms with Crippen LogP contribution < -0.4 is 14.8 Å². The highest BCUT2D eigenvalue weighted by Crippen LogP contribution is 2.38. The van der Waals surface area contributed by atoms with Crippen LogP contribution in [0.5, 0.6) is 11.5 Å². The normalized spacial score (nSPS) is 11.9. The van der Waals surface area contributed by atoms with E-state index in [2.05, 4.69) is 15.5 Å². The van der Waals surface area contributed by atoms with Crippen LogP contribution >= 0.6 is 23.2 Å². The monoisotopic (exact) mass is 423 g/mol. The summed E-state index contributed by atoms with van der Waals surface area (Å²) in [6.45, 7) is 3.02. The molecule has 28 heavy (non-hydrogen) atoms. The van der Waals surface area contributed by atoms with E-state index < -0.39 is 17.7 Å². The van der Waals surface area contributed by atoms with Crippen molar-refractivity contribution in [2.24, 2.45) is 10.2 Å². The van der Waals surface area contributed by atoms with Gasteiger partial charge in [-0.1, -0.05) is 29.3 Å². The lowest BCUT2D eigenvalue weighted by molar-refractivity contribution is -0.126. The maximum Gasteiger partial charge on any atom is 0.258 e. The number of carbonyl (C=O) groups excluding carboxylic acids is 2. The van der Waals surface area contributed by atoms with Gasteiger partial charge in [-0.15, -0.1) is 0 Å². The van der Waals surface area contributed by atoms with E-state index in [0.717, 1.165) is 0 Å². The smallest absolute Gasteiger partial charge is 0.258 e. The minimum absolute atomic E-state index is 0.247. The second kappa shape index (κ2) is 9.52. The highest BCUT2D eigenvalue weighted by atomic mass is 35.5. The van der Waals surface area contributed by atoms with Crippen molar-refractivity contribution in [3.8, 4) is 11.5 Å². The van der Waals surface area contributed by atoms with Crippen LogP contribution in [0, 0.1) is 6.92 Å². The molecule has 148 valence electrons. The summed E-state index contributed by atoms with van der Waals surface area (Å²) in [4.78, 5) is 24.6. The molecule has 1 atom stereocenters. The van der Waals surface area contributed by atoms with Gasteiger partial charge in [-0.2, -0.15) is 10.2 Å². The lowest BCUT2D eigenvalue weighted by atomic mass is 10.2. The molecule has 0 fully saturated rings. The number of azo groups is 1. The van der Waals surface area contributed by atoms with E-state index in [4.69, 9.17) is 32.7 Å². The zero-order valence-corrected chi connectivity index (χ0v) is 17.3. The van der Waals surface area contributed by atoms with E-state index in [0.29, 0.717) is 27.0 Å². The maximum atomic E-state index is 12.7. The van der Waals surface area contributed by atoms with Gasteiger partial charge in [0.2, 0.25) is 6.04 Å². The number of nitrogens with one attached hydrogen (secondary N) is 1. The third kappa shape index (κ3) is 4.99. The molecule has 1 N–H and O–H groups in total. The van der Waals surface area contributed by atoms with Gasteiger partial charge < -0.3 is 14.8 Å². The first-order chi connectivity index (χ1) is 13.3. The molecule has 2 rings (SSSR count). The molecule has 2 aromatic carbocycles. The summed E-state index contributed by atoms with van der Waals surface area (Å²) in [7, 11) is 2.87. The summed E-state index contributed by atoms with van der Waals surface area (Å²) < 4.78 is 10.5. The minimum atomic E-state index is -1.35. The molecule has 0 bridgehead atoms. The summed E-state index contributed by atoms with van der Waals surface area (Å²) in [5, 5.41) is 11.4. The van der Waals surface area contributed by atoms with Gasteiger partial charge in [-0.25, -0.2) is 0 Å². The quantitative estimate of drug-likeness (QED) is 0.501. The molecule has 0 spiro atoms. The van der Waals surface area contributed by atoms with E-state index in [-0.39, 0.29) is 11.4 Å². The molecule has 0 heterocycles. The first kappa shape index (κ1) is 21.7. The molecule has 0 aromatic heterocycles. The van der Waals surface area contributed by atoms with Crippen LogP contribution in [0.2, 0.25) is 10.0 Å². The van der Waals surface area contributed by atoms with Gasteiger partial charge in [0.15, 0.2) is 17.3 Å². The summed E-state index contributed by atoms with van der Waals surface area (Å²) in [5.41, 5.74) is 1.41. The van der Waals surface area contributed by atoms with Crippen molar-refractivity contribution in [3.63, 3.8) is 0 Å². The van der Waals surface area contributed by atoms with Gasteiger partial charge >= 0.3 is 0 Å². The Kier molecular flexibility index (Phi) is 7.37. The molecule has 0 aliphatic carbocycles. The predicted molar refractivity (Wildman–Crippen MR) is 108 cm³/mol. The number of hydrogen-bond acceptors (Lipinski definition) is 6. The Labute approximate surface area is 172 Å². The Morgan fingerprint density at radius 3 is 2.46 bits per heavy atom. The molecule has 1 unspecified atom stereocenters. The van der Waals surface area contributed by atoms with E-state index in [1.807, 2.05) is 0 Å². The van der Waals surface area contributed by atoms with Crippen molar-refractivity contribution in [2.45, 2.75) is 19.9 Å². The van der Waals surface area contributed by atoms with Gasteiger partial charge in [0, 0.05) is 16.1 Å². The Hall–Kier alpha value is -2.64. The van der Waals surface area contributed by atoms with Crippen molar-refractivity contribution >= 4 is 46.3 Å². The summed E-state index contributed by atoms with van der Waals surface area (Å²) >= 11 is 12.1. The second-order valence-corrected chi connectivity index (χ2v) is 6.63. The number of hydrogen-bond donors (Lipinski definition) is 1. The highest BCUT2D eigenvalue weighted by Gasteiger charge is 2.25. The Balaban J connectivity index is 2.32. The number of ether oxygens (including phenoxy) is 2. The highest BCUT2D eigenvalue weighted by molar-refractivity contribution is 6.31. The number of anilines is 1. The molecular formula is C19H19Cl2N3O4. The standard InChI is InChI=1S/C19H19Cl2N3O4/c1-10-13(21)6-5-7-14(10)23-24-17(11(2)25)19(26)22-15-8-12(20)9-16(27-3)18(15)28-4/h5-9,17H,1-4H3,(H,22,26). The lowest BCUT2D eigenvalue weighted by Crippen LogP contribution is -2.32. The summed E-state index contributed by atoms with van der Waals surface area (Å²) in [6.07, 6.45) is 0. The first-order valence-electron chi connectivity index (χ1n) is 8.17. The van der Waals surface area contributed by atoms with Crippen molar-refractivity contribution < 1.29 is 19.1 Å². The van der Waals surface area contributed by atoms with E-state index in [1.54, 1.807) is 31.2 Å². The number of nitrogens with zero attached hydrogens (tertiary/aromatic N) is 2. The number of rotatable bonds is 7. The number of Topliss-reactive ketones (excluding diaryl/α,β-unsaturated/α-hetero) is 1. The zero-order valence-electron chi connectivity index (χ0n) is 15.7. The van der Waals surface area contributed by atoms with Crippen LogP contribution in [0.25, 0.3) is 0 Å². The average Bonchev–Trinajstić information content (AvgIpc) is 2.64. The SMILES string of the molecule is COc1cc(Cl)cc(NC(=O)C(N=Nc2cccc(Cl)c2C)C(C)=O)c1OC. The fourth-order valence-corrected chi connectivity index (χ4v) is 2.75. The molecule has 2 aromatic rings. The van der Waals surface area contributed by atoms with Gasteiger partial charge in [0.25, 0.3) is 5.91 Å². The van der Waals surface area contributed by atoms with Crippen LogP contribution in [0.15, 0.2) is 40.6 Å². The van der Waals surface area contributed by atoms with Crippen molar-refractivity contribution in [3.05, 3.63) is 45.9 Å². The van der Waals surface area contributed by atoms with Crippen molar-refractivity contribution in [2.75, 3.05) is 19.5 Å². The average molecular weight is 424 g/mol. The molecule has 0 radical (unpaired) electrons. The number of carbonyl (C=O) groups is 2. The van der Waals surface area contributed by atoms with Gasteiger partial charge in [0.1, 0.15) is 0 Å². The molecule has 7 nitrogen and oxygen atoms in total. The molecule has 1 amide bonds. The summed E-state index contributed by atoms with van der Waals surface area (Å²) in [6, 6.07) is 6.77. The van der Waals surface area contributed by atoms with Gasteiger partial charge in [-0.3, -0.25) is 9.59 Å². The number of benzene rings is 2. The van der Waals surface area contributed by atoms with E-state index in [1.165, 1.54) is 27.2 Å². The van der Waals surface area contributed by atoms with Crippen molar-refractivity contribution in [1.82, 2.24) is 0 Å². The second-order valence-electron chi connectivity index (χ2n) is 5.79. The van der Waals surface area contributed by atoms with Crippen LogP contribution in [-0.2, 0) is 9.59 Å². The molecule has 0 aliphatic rings. The number of amides is 1. The molecule has 0 aliphatic heterocycles. The third-order valence-electron chi connectivity index (χ3n) is 3.85. The van der Waals surface area contributed by atoms with E-state index >= 15 is 0 Å². The fourth-order valence-electron chi connectivity index (χ4n) is 2.37. The van der Waals surface area contributed by atoms with Crippen LogP contribution in [0.4, 0.5) is 11.4 Å².